The Hall–Kier alpha value is -2.89. The Kier molecular flexibility index (Phi) is 5.74. The molecule has 1 aromatic carbocycles. The number of ether oxygens (including phenoxy) is 1. The molecule has 1 saturated carbocycles. The first-order chi connectivity index (χ1) is 15.1. The van der Waals surface area contributed by atoms with Crippen molar-refractivity contribution in [2.24, 2.45) is 10.8 Å². The van der Waals surface area contributed by atoms with Crippen LogP contribution in [0.2, 0.25) is 0 Å². The molecule has 0 spiro atoms. The van der Waals surface area contributed by atoms with Crippen molar-refractivity contribution in [2.75, 3.05) is 13.2 Å². The summed E-state index contributed by atoms with van der Waals surface area (Å²) in [5, 5.41) is 4.59. The molecule has 6 nitrogen and oxygen atoms in total. The van der Waals surface area contributed by atoms with Crippen molar-refractivity contribution in [1.82, 2.24) is 14.7 Å². The van der Waals surface area contributed by atoms with Crippen LogP contribution in [0.4, 0.5) is 0 Å². The number of fused-ring (bicyclic) bond motifs is 2. The minimum Gasteiger partial charge on any atom is -0.452 e. The molecule has 2 bridgehead atoms. The molecule has 2 unspecified atom stereocenters. The summed E-state index contributed by atoms with van der Waals surface area (Å²) in [4.78, 5) is 27.1. The summed E-state index contributed by atoms with van der Waals surface area (Å²) in [5.74, 6) is -0.610. The largest absolute Gasteiger partial charge is 0.452 e. The fourth-order valence-corrected chi connectivity index (χ4v) is 5.88. The van der Waals surface area contributed by atoms with E-state index in [1.165, 1.54) is 6.08 Å². The van der Waals surface area contributed by atoms with Crippen molar-refractivity contribution in [1.29, 1.82) is 0 Å². The third-order valence-electron chi connectivity index (χ3n) is 6.81. The lowest BCUT2D eigenvalue weighted by Gasteiger charge is -2.39. The Labute approximate surface area is 190 Å². The number of nitrogens with zero attached hydrogens (tertiary/aromatic N) is 3. The third-order valence-corrected chi connectivity index (χ3v) is 6.81. The zero-order valence-corrected chi connectivity index (χ0v) is 19.7. The molecule has 2 aromatic rings. The second-order valence-electron chi connectivity index (χ2n) is 10.5. The lowest BCUT2D eigenvalue weighted by molar-refractivity contribution is -0.148. The van der Waals surface area contributed by atoms with Crippen LogP contribution in [0.5, 0.6) is 0 Å². The van der Waals surface area contributed by atoms with E-state index >= 15 is 0 Å². The molecule has 1 aliphatic carbocycles. The molecule has 0 N–H and O–H groups in total. The fraction of sp³-hybridized carbons (Fsp3) is 0.500. The normalized spacial score (nSPS) is 24.2. The summed E-state index contributed by atoms with van der Waals surface area (Å²) >= 11 is 0. The molecule has 1 aliphatic heterocycles. The number of hydrogen-bond acceptors (Lipinski definition) is 4. The lowest BCUT2D eigenvalue weighted by Crippen LogP contribution is -2.39. The summed E-state index contributed by atoms with van der Waals surface area (Å²) in [6.07, 6.45) is 6.27. The van der Waals surface area contributed by atoms with E-state index in [1.807, 2.05) is 53.8 Å². The Bertz CT molecular complexity index is 1050. The van der Waals surface area contributed by atoms with Gasteiger partial charge in [0.15, 0.2) is 6.61 Å². The van der Waals surface area contributed by atoms with Crippen molar-refractivity contribution in [3.05, 3.63) is 53.4 Å². The molecular weight excluding hydrogens is 402 g/mol. The van der Waals surface area contributed by atoms with Gasteiger partial charge in [-0.05, 0) is 62.1 Å². The SMILES string of the molecule is Cc1nn(-c2ccccc2)c(C)c1/C=C/C(=O)OCC(=O)N1CC2(C)CC1CC(C)(C)C2. The van der Waals surface area contributed by atoms with Gasteiger partial charge in [0.05, 0.1) is 11.4 Å². The molecule has 2 fully saturated rings. The summed E-state index contributed by atoms with van der Waals surface area (Å²) in [6, 6.07) is 10.1. The van der Waals surface area contributed by atoms with Gasteiger partial charge in [0.1, 0.15) is 0 Å². The maximum absolute atomic E-state index is 12.8. The van der Waals surface area contributed by atoms with Crippen molar-refractivity contribution < 1.29 is 14.3 Å². The highest BCUT2D eigenvalue weighted by Gasteiger charge is 2.50. The Morgan fingerprint density at radius 3 is 2.59 bits per heavy atom. The number of amides is 1. The van der Waals surface area contributed by atoms with Crippen LogP contribution in [-0.4, -0.2) is 45.8 Å². The van der Waals surface area contributed by atoms with Gasteiger partial charge < -0.3 is 9.64 Å². The van der Waals surface area contributed by atoms with Crippen LogP contribution in [-0.2, 0) is 14.3 Å². The number of carbonyl (C=O) groups is 2. The van der Waals surface area contributed by atoms with E-state index in [0.717, 1.165) is 48.4 Å². The van der Waals surface area contributed by atoms with Crippen molar-refractivity contribution in [2.45, 2.75) is 59.9 Å². The summed E-state index contributed by atoms with van der Waals surface area (Å²) in [6.45, 7) is 11.2. The van der Waals surface area contributed by atoms with Crippen LogP contribution in [0, 0.1) is 24.7 Å². The average Bonchev–Trinajstić information content (AvgIpc) is 3.15. The molecule has 1 amide bonds. The molecule has 2 atom stereocenters. The maximum Gasteiger partial charge on any atom is 0.331 e. The number of aryl methyl sites for hydroxylation is 1. The van der Waals surface area contributed by atoms with Gasteiger partial charge in [0.25, 0.3) is 5.91 Å². The van der Waals surface area contributed by atoms with Crippen LogP contribution >= 0.6 is 0 Å². The van der Waals surface area contributed by atoms with Crippen LogP contribution in [0.25, 0.3) is 11.8 Å². The molecule has 170 valence electrons. The first-order valence-electron chi connectivity index (χ1n) is 11.3. The van der Waals surface area contributed by atoms with Gasteiger partial charge in [-0.25, -0.2) is 9.48 Å². The highest BCUT2D eigenvalue weighted by Crippen LogP contribution is 2.52. The summed E-state index contributed by atoms with van der Waals surface area (Å²) < 4.78 is 7.16. The molecular formula is C26H33N3O3. The monoisotopic (exact) mass is 435 g/mol. The van der Waals surface area contributed by atoms with Crippen molar-refractivity contribution >= 4 is 18.0 Å². The standard InChI is InChI=1S/C26H33N3O3/c1-18-22(19(2)29(27-18)20-9-7-6-8-10-20)11-12-24(31)32-15-23(30)28-17-26(5)14-21(28)13-25(3,4)16-26/h6-12,21H,13-17H2,1-5H3/b12-11+. The van der Waals surface area contributed by atoms with Gasteiger partial charge in [-0.3, -0.25) is 4.79 Å². The predicted molar refractivity (Wildman–Crippen MR) is 124 cm³/mol. The van der Waals surface area contributed by atoms with Gasteiger partial charge in [0, 0.05) is 29.9 Å². The van der Waals surface area contributed by atoms with Gasteiger partial charge in [-0.2, -0.15) is 5.10 Å². The summed E-state index contributed by atoms with van der Waals surface area (Å²) in [5.41, 5.74) is 4.02. The minimum atomic E-state index is -0.515. The Morgan fingerprint density at radius 2 is 1.88 bits per heavy atom. The van der Waals surface area contributed by atoms with E-state index in [4.69, 9.17) is 4.74 Å². The lowest BCUT2D eigenvalue weighted by atomic mass is 9.65. The Balaban J connectivity index is 1.37. The van der Waals surface area contributed by atoms with E-state index in [9.17, 15) is 9.59 Å². The first kappa shape index (κ1) is 22.3. The molecule has 6 heteroatoms. The number of aromatic nitrogens is 2. The number of likely N-dealkylation sites (tertiary alicyclic amines) is 1. The number of hydrogen-bond donors (Lipinski definition) is 0. The molecule has 0 radical (unpaired) electrons. The van der Waals surface area contributed by atoms with Gasteiger partial charge in [-0.15, -0.1) is 0 Å². The number of para-hydroxylation sites is 1. The van der Waals surface area contributed by atoms with E-state index in [1.54, 1.807) is 6.08 Å². The van der Waals surface area contributed by atoms with Crippen LogP contribution in [0.15, 0.2) is 36.4 Å². The van der Waals surface area contributed by atoms with Crippen molar-refractivity contribution in [3.63, 3.8) is 0 Å². The predicted octanol–water partition coefficient (Wildman–Crippen LogP) is 4.47. The number of esters is 1. The van der Waals surface area contributed by atoms with Gasteiger partial charge in [0.2, 0.25) is 0 Å². The third kappa shape index (κ3) is 4.50. The van der Waals surface area contributed by atoms with Crippen LogP contribution < -0.4 is 0 Å². The zero-order chi connectivity index (χ0) is 23.1. The van der Waals surface area contributed by atoms with E-state index in [0.29, 0.717) is 0 Å². The number of carbonyl (C=O) groups excluding carboxylic acids is 2. The number of rotatable bonds is 5. The highest BCUT2D eigenvalue weighted by molar-refractivity contribution is 5.89. The summed E-state index contributed by atoms with van der Waals surface area (Å²) in [7, 11) is 0. The first-order valence-corrected chi connectivity index (χ1v) is 11.3. The molecule has 2 aliphatic rings. The maximum atomic E-state index is 12.8. The van der Waals surface area contributed by atoms with Gasteiger partial charge in [-0.1, -0.05) is 39.0 Å². The van der Waals surface area contributed by atoms with E-state index < -0.39 is 5.97 Å². The van der Waals surface area contributed by atoms with E-state index in [-0.39, 0.29) is 29.4 Å². The second-order valence-corrected chi connectivity index (χ2v) is 10.5. The van der Waals surface area contributed by atoms with Gasteiger partial charge >= 0.3 is 5.97 Å². The van der Waals surface area contributed by atoms with Crippen LogP contribution in [0.1, 0.15) is 57.0 Å². The molecule has 4 rings (SSSR count). The fourth-order valence-electron chi connectivity index (χ4n) is 5.88. The number of benzene rings is 1. The molecule has 2 heterocycles. The van der Waals surface area contributed by atoms with Crippen LogP contribution in [0.3, 0.4) is 0 Å². The van der Waals surface area contributed by atoms with Crippen molar-refractivity contribution in [3.8, 4) is 5.69 Å². The highest BCUT2D eigenvalue weighted by atomic mass is 16.5. The average molecular weight is 436 g/mol. The topological polar surface area (TPSA) is 64.4 Å². The molecule has 32 heavy (non-hydrogen) atoms. The zero-order valence-electron chi connectivity index (χ0n) is 19.7. The molecule has 1 saturated heterocycles. The minimum absolute atomic E-state index is 0.0950. The Morgan fingerprint density at radius 1 is 1.16 bits per heavy atom. The quantitative estimate of drug-likeness (QED) is 0.513. The smallest absolute Gasteiger partial charge is 0.331 e. The molecule has 1 aromatic heterocycles. The van der Waals surface area contributed by atoms with E-state index in [2.05, 4.69) is 25.9 Å². The second kappa shape index (κ2) is 8.23.